The van der Waals surface area contributed by atoms with Gasteiger partial charge in [-0.3, -0.25) is 9.59 Å². The minimum atomic E-state index is -1.26. The third-order valence-electron chi connectivity index (χ3n) is 5.85. The Morgan fingerprint density at radius 1 is 1.00 bits per heavy atom. The number of carbonyl (C=O) groups is 3. The number of carboxylic acids is 1. The van der Waals surface area contributed by atoms with Gasteiger partial charge < -0.3 is 25.2 Å². The highest BCUT2D eigenvalue weighted by Crippen LogP contribution is 2.44. The van der Waals surface area contributed by atoms with E-state index in [0.717, 1.165) is 22.3 Å². The van der Waals surface area contributed by atoms with Gasteiger partial charge >= 0.3 is 12.1 Å². The fourth-order valence-electron chi connectivity index (χ4n) is 4.08. The van der Waals surface area contributed by atoms with E-state index in [-0.39, 0.29) is 31.1 Å². The van der Waals surface area contributed by atoms with Gasteiger partial charge in [0, 0.05) is 19.6 Å². The smallest absolute Gasteiger partial charge is 0.407 e. The highest BCUT2D eigenvalue weighted by atomic mass is 16.5. The Bertz CT molecular complexity index is 960. The van der Waals surface area contributed by atoms with Crippen molar-refractivity contribution in [2.24, 2.45) is 5.92 Å². The van der Waals surface area contributed by atoms with Gasteiger partial charge in [0.15, 0.2) is 0 Å². The Morgan fingerprint density at radius 2 is 1.58 bits per heavy atom. The Morgan fingerprint density at radius 3 is 2.09 bits per heavy atom. The second kappa shape index (κ2) is 11.0. The Kier molecular flexibility index (Phi) is 8.06. The third-order valence-corrected chi connectivity index (χ3v) is 5.85. The van der Waals surface area contributed by atoms with Gasteiger partial charge in [0.25, 0.3) is 0 Å². The van der Waals surface area contributed by atoms with Crippen LogP contribution in [0.25, 0.3) is 11.1 Å². The molecule has 2 amide bonds. The Hall–Kier alpha value is -3.39. The number of fused-ring (bicyclic) bond motifs is 3. The number of hydrogen-bond acceptors (Lipinski definition) is 5. The van der Waals surface area contributed by atoms with E-state index >= 15 is 0 Å². The van der Waals surface area contributed by atoms with E-state index in [1.165, 1.54) is 0 Å². The van der Waals surface area contributed by atoms with Crippen LogP contribution >= 0.6 is 0 Å². The number of aliphatic carboxylic acids is 1. The molecule has 8 heteroatoms. The molecule has 0 saturated heterocycles. The highest BCUT2D eigenvalue weighted by Gasteiger charge is 2.30. The Labute approximate surface area is 193 Å². The molecule has 0 radical (unpaired) electrons. The van der Waals surface area contributed by atoms with E-state index in [1.807, 2.05) is 62.4 Å². The summed E-state index contributed by atoms with van der Waals surface area (Å²) in [5.74, 6) is -1.79. The molecule has 3 rings (SSSR count). The lowest BCUT2D eigenvalue weighted by atomic mass is 9.98. The zero-order valence-electron chi connectivity index (χ0n) is 19.0. The number of carboxylic acid groups (broad SMARTS) is 1. The van der Waals surface area contributed by atoms with Gasteiger partial charge in [-0.2, -0.15) is 0 Å². The van der Waals surface area contributed by atoms with Crippen LogP contribution in [0.4, 0.5) is 4.79 Å². The molecule has 176 valence electrons. The maximum Gasteiger partial charge on any atom is 0.407 e. The number of nitrogens with one attached hydrogen (secondary N) is 2. The summed E-state index contributed by atoms with van der Waals surface area (Å²) in [6.07, 6.45) is -1.63. The first-order chi connectivity index (χ1) is 15.8. The van der Waals surface area contributed by atoms with Gasteiger partial charge in [0.2, 0.25) is 5.91 Å². The molecule has 2 aromatic rings. The SMILES string of the molecule is COC(CNC(=O)C(CC(=O)O)NC(=O)OCC1c2ccccc2-c2ccccc21)C(C)C. The van der Waals surface area contributed by atoms with Crippen LogP contribution in [-0.4, -0.2) is 55.5 Å². The van der Waals surface area contributed by atoms with Crippen molar-refractivity contribution in [1.29, 1.82) is 0 Å². The molecular formula is C25H30N2O6. The van der Waals surface area contributed by atoms with E-state index in [9.17, 15) is 19.5 Å². The largest absolute Gasteiger partial charge is 0.481 e. The lowest BCUT2D eigenvalue weighted by molar-refractivity contribution is -0.139. The quantitative estimate of drug-likeness (QED) is 0.508. The van der Waals surface area contributed by atoms with Crippen molar-refractivity contribution >= 4 is 18.0 Å². The van der Waals surface area contributed by atoms with Crippen molar-refractivity contribution < 1.29 is 29.0 Å². The Balaban J connectivity index is 1.63. The minimum absolute atomic E-state index is 0.0698. The standard InChI is InChI=1S/C25H30N2O6/c1-15(2)22(32-3)13-26-24(30)21(12-23(28)29)27-25(31)33-14-20-18-10-6-4-8-16(18)17-9-5-7-11-19(17)20/h4-11,15,20-22H,12-14H2,1-3H3,(H,26,30)(H,27,31)(H,28,29). The van der Waals surface area contributed by atoms with E-state index in [1.54, 1.807) is 7.11 Å². The summed E-state index contributed by atoms with van der Waals surface area (Å²) in [5, 5.41) is 14.2. The molecular weight excluding hydrogens is 424 g/mol. The molecule has 2 aromatic carbocycles. The molecule has 8 nitrogen and oxygen atoms in total. The number of rotatable bonds is 10. The van der Waals surface area contributed by atoms with Crippen molar-refractivity contribution in [3.8, 4) is 11.1 Å². The summed E-state index contributed by atoms with van der Waals surface area (Å²) in [7, 11) is 1.54. The molecule has 0 bridgehead atoms. The average Bonchev–Trinajstić information content (AvgIpc) is 3.11. The average molecular weight is 455 g/mol. The lowest BCUT2D eigenvalue weighted by Gasteiger charge is -2.22. The maximum atomic E-state index is 12.5. The fraction of sp³-hybridized carbons (Fsp3) is 0.400. The number of hydrogen-bond donors (Lipinski definition) is 3. The number of alkyl carbamates (subject to hydrolysis) is 1. The predicted molar refractivity (Wildman–Crippen MR) is 123 cm³/mol. The van der Waals surface area contributed by atoms with Gasteiger partial charge in [-0.05, 0) is 28.2 Å². The zero-order chi connectivity index (χ0) is 24.0. The van der Waals surface area contributed by atoms with Gasteiger partial charge in [-0.1, -0.05) is 62.4 Å². The van der Waals surface area contributed by atoms with Crippen molar-refractivity contribution in [3.63, 3.8) is 0 Å². The molecule has 2 unspecified atom stereocenters. The van der Waals surface area contributed by atoms with Crippen LogP contribution in [0, 0.1) is 5.92 Å². The highest BCUT2D eigenvalue weighted by molar-refractivity contribution is 5.89. The lowest BCUT2D eigenvalue weighted by Crippen LogP contribution is -2.50. The van der Waals surface area contributed by atoms with Gasteiger partial charge in [0.05, 0.1) is 12.5 Å². The number of amides is 2. The molecule has 3 N–H and O–H groups in total. The van der Waals surface area contributed by atoms with E-state index in [4.69, 9.17) is 9.47 Å². The maximum absolute atomic E-state index is 12.5. The van der Waals surface area contributed by atoms with Crippen LogP contribution in [0.15, 0.2) is 48.5 Å². The normalized spacial score (nSPS) is 14.2. The molecule has 0 spiro atoms. The fourth-order valence-corrected chi connectivity index (χ4v) is 4.08. The van der Waals surface area contributed by atoms with E-state index in [2.05, 4.69) is 10.6 Å². The van der Waals surface area contributed by atoms with E-state index in [0.29, 0.717) is 0 Å². The van der Waals surface area contributed by atoms with Crippen molar-refractivity contribution in [1.82, 2.24) is 10.6 Å². The predicted octanol–water partition coefficient (Wildman–Crippen LogP) is 3.16. The summed E-state index contributed by atoms with van der Waals surface area (Å²) in [5.41, 5.74) is 4.32. The van der Waals surface area contributed by atoms with Crippen molar-refractivity contribution in [2.75, 3.05) is 20.3 Å². The first-order valence-electron chi connectivity index (χ1n) is 11.0. The number of benzene rings is 2. The van der Waals surface area contributed by atoms with Crippen LogP contribution in [0.2, 0.25) is 0 Å². The van der Waals surface area contributed by atoms with Crippen molar-refractivity contribution in [3.05, 3.63) is 59.7 Å². The second-order valence-corrected chi connectivity index (χ2v) is 8.38. The van der Waals surface area contributed by atoms with Crippen LogP contribution in [-0.2, 0) is 19.1 Å². The molecule has 33 heavy (non-hydrogen) atoms. The minimum Gasteiger partial charge on any atom is -0.481 e. The molecule has 0 fully saturated rings. The molecule has 1 aliphatic carbocycles. The summed E-state index contributed by atoms with van der Waals surface area (Å²) in [6.45, 7) is 4.17. The zero-order valence-corrected chi connectivity index (χ0v) is 19.0. The molecule has 1 aliphatic rings. The van der Waals surface area contributed by atoms with Crippen LogP contribution < -0.4 is 10.6 Å². The number of methoxy groups -OCH3 is 1. The van der Waals surface area contributed by atoms with Gasteiger partial charge in [-0.25, -0.2) is 4.79 Å². The summed E-state index contributed by atoms with van der Waals surface area (Å²) in [4.78, 5) is 36.3. The van der Waals surface area contributed by atoms with Gasteiger partial charge in [-0.15, -0.1) is 0 Å². The van der Waals surface area contributed by atoms with Crippen LogP contribution in [0.3, 0.4) is 0 Å². The summed E-state index contributed by atoms with van der Waals surface area (Å²) in [6, 6.07) is 14.6. The monoisotopic (exact) mass is 454 g/mol. The topological polar surface area (TPSA) is 114 Å². The third kappa shape index (κ3) is 5.90. The molecule has 0 aromatic heterocycles. The molecule has 2 atom stereocenters. The first kappa shape index (κ1) is 24.3. The second-order valence-electron chi connectivity index (χ2n) is 8.38. The van der Waals surface area contributed by atoms with Crippen LogP contribution in [0.1, 0.15) is 37.3 Å². The molecule has 0 saturated carbocycles. The van der Waals surface area contributed by atoms with E-state index < -0.39 is 30.4 Å². The summed E-state index contributed by atoms with van der Waals surface area (Å²) < 4.78 is 10.8. The number of ether oxygens (including phenoxy) is 2. The number of carbonyl (C=O) groups excluding carboxylic acids is 2. The van der Waals surface area contributed by atoms with Crippen LogP contribution in [0.5, 0.6) is 0 Å². The van der Waals surface area contributed by atoms with Crippen molar-refractivity contribution in [2.45, 2.75) is 38.3 Å². The molecule has 0 heterocycles. The van der Waals surface area contributed by atoms with Gasteiger partial charge in [0.1, 0.15) is 12.6 Å². The molecule has 0 aliphatic heterocycles. The first-order valence-corrected chi connectivity index (χ1v) is 11.0. The summed E-state index contributed by atoms with van der Waals surface area (Å²) >= 11 is 0.